The van der Waals surface area contributed by atoms with Gasteiger partial charge in [-0.05, 0) is 38.7 Å². The molecule has 1 saturated heterocycles. The average Bonchev–Trinajstić information content (AvgIpc) is 3.38. The van der Waals surface area contributed by atoms with Gasteiger partial charge < -0.3 is 19.1 Å². The summed E-state index contributed by atoms with van der Waals surface area (Å²) >= 11 is 6.48. The van der Waals surface area contributed by atoms with Crippen molar-refractivity contribution in [2.45, 2.75) is 63.5 Å². The number of aromatic nitrogens is 4. The Kier molecular flexibility index (Phi) is 6.39. The molecule has 5 rings (SSSR count). The summed E-state index contributed by atoms with van der Waals surface area (Å²) in [6, 6.07) is 3.51. The van der Waals surface area contributed by atoms with Gasteiger partial charge in [0.05, 0.1) is 30.3 Å². The van der Waals surface area contributed by atoms with Crippen molar-refractivity contribution >= 4 is 22.5 Å². The molecule has 0 bridgehead atoms. The van der Waals surface area contributed by atoms with Crippen LogP contribution in [0.4, 0.5) is 13.2 Å². The number of nitrogens with zero attached hydrogens (tertiary/aromatic N) is 4. The molecule has 0 spiro atoms. The maximum Gasteiger partial charge on any atom is 0.391 e. The molecular formula is C24H26ClF3N4O3. The van der Waals surface area contributed by atoms with Crippen molar-refractivity contribution < 1.29 is 27.8 Å². The third-order valence-electron chi connectivity index (χ3n) is 6.81. The molecule has 11 heteroatoms. The van der Waals surface area contributed by atoms with Gasteiger partial charge >= 0.3 is 6.18 Å². The molecule has 1 aliphatic carbocycles. The van der Waals surface area contributed by atoms with Crippen LogP contribution in [0.1, 0.15) is 37.9 Å². The highest BCUT2D eigenvalue weighted by molar-refractivity contribution is 6.35. The Hall–Kier alpha value is -2.43. The van der Waals surface area contributed by atoms with Gasteiger partial charge in [-0.25, -0.2) is 9.97 Å². The molecule has 0 amide bonds. The maximum absolute atomic E-state index is 13.0. The number of aryl methyl sites for hydroxylation is 1. The number of aliphatic hydroxyl groups is 1. The quantitative estimate of drug-likeness (QED) is 0.480. The molecule has 0 unspecified atom stereocenters. The molecule has 1 aliphatic heterocycles. The fraction of sp³-hybridized carbons (Fsp3) is 0.542. The minimum Gasteiger partial charge on any atom is -0.474 e. The van der Waals surface area contributed by atoms with Gasteiger partial charge in [0.25, 0.3) is 0 Å². The number of fused-ring (bicyclic) bond motifs is 1. The van der Waals surface area contributed by atoms with Gasteiger partial charge in [0, 0.05) is 42.4 Å². The fourth-order valence-electron chi connectivity index (χ4n) is 4.99. The van der Waals surface area contributed by atoms with Crippen LogP contribution >= 0.6 is 11.6 Å². The van der Waals surface area contributed by atoms with Crippen LogP contribution in [0.15, 0.2) is 24.5 Å². The first kappa shape index (κ1) is 24.3. The summed E-state index contributed by atoms with van der Waals surface area (Å²) in [6.07, 6.45) is 0.241. The highest BCUT2D eigenvalue weighted by atomic mass is 35.5. The average molecular weight is 511 g/mol. The number of pyridine rings is 1. The van der Waals surface area contributed by atoms with Crippen LogP contribution in [-0.2, 0) is 11.3 Å². The molecule has 7 nitrogen and oxygen atoms in total. The van der Waals surface area contributed by atoms with Crippen molar-refractivity contribution in [3.63, 3.8) is 0 Å². The van der Waals surface area contributed by atoms with Gasteiger partial charge in [0.1, 0.15) is 22.7 Å². The SMILES string of the molecule is Cc1nc(OC2CCC(C(F)(F)F)CC2)cc(-c2cn(C[C@@]3(O)CCOC3)c3ccnc(Cl)c23)n1. The monoisotopic (exact) mass is 510 g/mol. The molecule has 0 aromatic carbocycles. The van der Waals surface area contributed by atoms with Crippen LogP contribution < -0.4 is 4.74 Å². The van der Waals surface area contributed by atoms with E-state index in [1.165, 1.54) is 0 Å². The fourth-order valence-corrected chi connectivity index (χ4v) is 5.24. The summed E-state index contributed by atoms with van der Waals surface area (Å²) in [6.45, 7) is 2.80. The van der Waals surface area contributed by atoms with Gasteiger partial charge in [-0.2, -0.15) is 18.2 Å². The van der Waals surface area contributed by atoms with Crippen molar-refractivity contribution in [1.82, 2.24) is 19.5 Å². The first-order chi connectivity index (χ1) is 16.6. The van der Waals surface area contributed by atoms with E-state index in [9.17, 15) is 18.3 Å². The van der Waals surface area contributed by atoms with Crippen molar-refractivity contribution in [3.05, 3.63) is 35.5 Å². The lowest BCUT2D eigenvalue weighted by atomic mass is 9.87. The van der Waals surface area contributed by atoms with Gasteiger partial charge in [0.2, 0.25) is 5.88 Å². The van der Waals surface area contributed by atoms with Crippen LogP contribution in [0, 0.1) is 12.8 Å². The minimum absolute atomic E-state index is 0.0481. The van der Waals surface area contributed by atoms with E-state index in [1.54, 1.807) is 19.2 Å². The smallest absolute Gasteiger partial charge is 0.391 e. The van der Waals surface area contributed by atoms with E-state index in [0.29, 0.717) is 65.9 Å². The zero-order valence-corrected chi connectivity index (χ0v) is 19.9. The Morgan fingerprint density at radius 2 is 2.03 bits per heavy atom. The second kappa shape index (κ2) is 9.22. The predicted molar refractivity (Wildman–Crippen MR) is 123 cm³/mol. The Labute approximate surface area is 205 Å². The maximum atomic E-state index is 13.0. The van der Waals surface area contributed by atoms with E-state index in [0.717, 1.165) is 5.52 Å². The van der Waals surface area contributed by atoms with Gasteiger partial charge in [0.15, 0.2) is 0 Å². The van der Waals surface area contributed by atoms with Crippen molar-refractivity contribution in [2.24, 2.45) is 5.92 Å². The van der Waals surface area contributed by atoms with E-state index in [2.05, 4.69) is 15.0 Å². The first-order valence-electron chi connectivity index (χ1n) is 11.6. The molecule has 1 N–H and O–H groups in total. The lowest BCUT2D eigenvalue weighted by molar-refractivity contribution is -0.185. The zero-order chi connectivity index (χ0) is 24.8. The molecule has 3 aromatic rings. The summed E-state index contributed by atoms with van der Waals surface area (Å²) in [5, 5.41) is 11.9. The van der Waals surface area contributed by atoms with Crippen LogP contribution in [0.2, 0.25) is 5.15 Å². The van der Waals surface area contributed by atoms with Gasteiger partial charge in [-0.3, -0.25) is 0 Å². The van der Waals surface area contributed by atoms with E-state index < -0.39 is 17.7 Å². The molecule has 3 aromatic heterocycles. The molecule has 1 atom stereocenters. The number of hydrogen-bond acceptors (Lipinski definition) is 6. The first-order valence-corrected chi connectivity index (χ1v) is 12.0. The van der Waals surface area contributed by atoms with E-state index in [4.69, 9.17) is 21.1 Å². The van der Waals surface area contributed by atoms with Crippen molar-refractivity contribution in [2.75, 3.05) is 13.2 Å². The normalized spacial score (nSPS) is 25.3. The number of ether oxygens (including phenoxy) is 2. The molecule has 2 fully saturated rings. The number of hydrogen-bond donors (Lipinski definition) is 1. The molecular weight excluding hydrogens is 485 g/mol. The Morgan fingerprint density at radius 3 is 2.71 bits per heavy atom. The van der Waals surface area contributed by atoms with Crippen molar-refractivity contribution in [3.8, 4) is 17.1 Å². The largest absolute Gasteiger partial charge is 0.474 e. The zero-order valence-electron chi connectivity index (χ0n) is 19.2. The number of halogens is 4. The number of alkyl halides is 3. The van der Waals surface area contributed by atoms with Crippen LogP contribution in [0.25, 0.3) is 22.2 Å². The molecule has 188 valence electrons. The van der Waals surface area contributed by atoms with E-state index in [-0.39, 0.29) is 25.6 Å². The Balaban J connectivity index is 1.44. The van der Waals surface area contributed by atoms with E-state index >= 15 is 0 Å². The molecule has 4 heterocycles. The molecule has 0 radical (unpaired) electrons. The van der Waals surface area contributed by atoms with Gasteiger partial charge in [-0.15, -0.1) is 0 Å². The molecule has 1 saturated carbocycles. The third kappa shape index (κ3) is 5.10. The second-order valence-electron chi connectivity index (χ2n) is 9.47. The summed E-state index contributed by atoms with van der Waals surface area (Å²) in [5.41, 5.74) is 1.08. The lowest BCUT2D eigenvalue weighted by Gasteiger charge is -2.29. The summed E-state index contributed by atoms with van der Waals surface area (Å²) in [7, 11) is 0. The Bertz CT molecular complexity index is 1220. The summed E-state index contributed by atoms with van der Waals surface area (Å²) in [5.74, 6) is -0.497. The van der Waals surface area contributed by atoms with Crippen LogP contribution in [0.3, 0.4) is 0 Å². The number of rotatable bonds is 5. The highest BCUT2D eigenvalue weighted by Gasteiger charge is 2.42. The van der Waals surface area contributed by atoms with Crippen LogP contribution in [-0.4, -0.2) is 55.7 Å². The van der Waals surface area contributed by atoms with Gasteiger partial charge in [-0.1, -0.05) is 11.6 Å². The standard InChI is InChI=1S/C24H26ClF3N4O3/c1-14-30-18(10-20(31-14)35-16-4-2-15(3-5-16)24(26,27)28)17-11-32(12-23(33)7-9-34-13-23)19-6-8-29-22(25)21(17)19/h6,8,10-11,15-16,33H,2-5,7,9,12-13H2,1H3/t15?,16?,23-/m0/s1. The minimum atomic E-state index is -4.16. The lowest BCUT2D eigenvalue weighted by Crippen LogP contribution is -2.34. The molecule has 2 aliphatic rings. The van der Waals surface area contributed by atoms with Crippen LogP contribution in [0.5, 0.6) is 5.88 Å². The van der Waals surface area contributed by atoms with E-state index in [1.807, 2.05) is 16.8 Å². The molecule has 35 heavy (non-hydrogen) atoms. The Morgan fingerprint density at radius 1 is 1.26 bits per heavy atom. The predicted octanol–water partition coefficient (Wildman–Crippen LogP) is 5.11. The third-order valence-corrected chi connectivity index (χ3v) is 7.10. The second-order valence-corrected chi connectivity index (χ2v) is 9.82. The summed E-state index contributed by atoms with van der Waals surface area (Å²) in [4.78, 5) is 13.1. The topological polar surface area (TPSA) is 82.3 Å². The van der Waals surface area contributed by atoms with Crippen molar-refractivity contribution in [1.29, 1.82) is 0 Å². The highest BCUT2D eigenvalue weighted by Crippen LogP contribution is 2.39. The summed E-state index contributed by atoms with van der Waals surface area (Å²) < 4.78 is 52.3.